The Labute approximate surface area is 150 Å². The molecule has 3 rings (SSSR count). The van der Waals surface area contributed by atoms with Crippen LogP contribution in [0.2, 0.25) is 0 Å². The standard InChI is InChI=1S/C18H18N6O2/c1-2-16(13-6-4-3-5-7-13)18(26)21-20-17(25)14-8-10-15(11-9-14)24-12-19-22-23-24/h3-12,16H,2H2,1H3,(H,20,25)(H,21,26). The van der Waals surface area contributed by atoms with Gasteiger partial charge in [0.25, 0.3) is 5.91 Å². The molecule has 0 aliphatic heterocycles. The fourth-order valence-electron chi connectivity index (χ4n) is 2.58. The van der Waals surface area contributed by atoms with E-state index in [1.807, 2.05) is 37.3 Å². The maximum Gasteiger partial charge on any atom is 0.269 e. The zero-order chi connectivity index (χ0) is 18.4. The van der Waals surface area contributed by atoms with Crippen molar-refractivity contribution < 1.29 is 9.59 Å². The molecule has 26 heavy (non-hydrogen) atoms. The third-order valence-electron chi connectivity index (χ3n) is 3.97. The van der Waals surface area contributed by atoms with Gasteiger partial charge in [0.15, 0.2) is 0 Å². The molecule has 132 valence electrons. The molecule has 2 N–H and O–H groups in total. The Balaban J connectivity index is 1.60. The van der Waals surface area contributed by atoms with Crippen molar-refractivity contribution in [2.24, 2.45) is 0 Å². The first-order valence-electron chi connectivity index (χ1n) is 8.17. The normalized spacial score (nSPS) is 11.6. The van der Waals surface area contributed by atoms with Gasteiger partial charge in [-0.2, -0.15) is 0 Å². The predicted molar refractivity (Wildman–Crippen MR) is 94.2 cm³/mol. The van der Waals surface area contributed by atoms with Gasteiger partial charge in [-0.1, -0.05) is 37.3 Å². The van der Waals surface area contributed by atoms with Crippen molar-refractivity contribution in [1.29, 1.82) is 0 Å². The van der Waals surface area contributed by atoms with Crippen LogP contribution in [-0.2, 0) is 4.79 Å². The van der Waals surface area contributed by atoms with E-state index >= 15 is 0 Å². The minimum absolute atomic E-state index is 0.252. The first kappa shape index (κ1) is 17.3. The molecule has 0 spiro atoms. The van der Waals surface area contributed by atoms with Crippen LogP contribution in [-0.4, -0.2) is 32.0 Å². The lowest BCUT2D eigenvalue weighted by molar-refractivity contribution is -0.123. The van der Waals surface area contributed by atoms with Gasteiger partial charge in [-0.05, 0) is 46.7 Å². The number of hydrogen-bond donors (Lipinski definition) is 2. The van der Waals surface area contributed by atoms with Gasteiger partial charge in [0.2, 0.25) is 5.91 Å². The van der Waals surface area contributed by atoms with E-state index in [2.05, 4.69) is 26.4 Å². The summed E-state index contributed by atoms with van der Waals surface area (Å²) in [6.07, 6.45) is 2.09. The second kappa shape index (κ2) is 8.02. The van der Waals surface area contributed by atoms with E-state index in [0.29, 0.717) is 12.0 Å². The number of benzene rings is 2. The highest BCUT2D eigenvalue weighted by molar-refractivity contribution is 5.96. The van der Waals surface area contributed by atoms with Crippen LogP contribution in [0.4, 0.5) is 0 Å². The summed E-state index contributed by atoms with van der Waals surface area (Å²) in [5, 5.41) is 10.9. The second-order valence-electron chi connectivity index (χ2n) is 5.62. The molecule has 1 heterocycles. The van der Waals surface area contributed by atoms with Crippen molar-refractivity contribution in [2.45, 2.75) is 19.3 Å². The van der Waals surface area contributed by atoms with Crippen LogP contribution >= 0.6 is 0 Å². The van der Waals surface area contributed by atoms with E-state index < -0.39 is 5.91 Å². The molecule has 0 fully saturated rings. The molecular formula is C18H18N6O2. The first-order valence-corrected chi connectivity index (χ1v) is 8.17. The van der Waals surface area contributed by atoms with Crippen molar-refractivity contribution in [2.75, 3.05) is 0 Å². The Bertz CT molecular complexity index is 862. The lowest BCUT2D eigenvalue weighted by Gasteiger charge is -2.16. The zero-order valence-electron chi connectivity index (χ0n) is 14.2. The van der Waals surface area contributed by atoms with E-state index in [0.717, 1.165) is 11.3 Å². The molecule has 0 radical (unpaired) electrons. The van der Waals surface area contributed by atoms with E-state index in [1.165, 1.54) is 11.0 Å². The Morgan fingerprint density at radius 3 is 2.38 bits per heavy atom. The quantitative estimate of drug-likeness (QED) is 0.681. The number of nitrogens with one attached hydrogen (secondary N) is 2. The Morgan fingerprint density at radius 1 is 1.04 bits per heavy atom. The van der Waals surface area contributed by atoms with Crippen LogP contribution in [0, 0.1) is 0 Å². The Hall–Kier alpha value is -3.55. The van der Waals surface area contributed by atoms with E-state index in [-0.39, 0.29) is 11.8 Å². The minimum atomic E-state index is -0.399. The third kappa shape index (κ3) is 3.92. The summed E-state index contributed by atoms with van der Waals surface area (Å²) in [5.74, 6) is -0.972. The number of rotatable bonds is 5. The van der Waals surface area contributed by atoms with E-state index in [9.17, 15) is 9.59 Å². The highest BCUT2D eigenvalue weighted by atomic mass is 16.2. The molecule has 3 aromatic rings. The molecule has 1 atom stereocenters. The molecule has 0 aliphatic rings. The first-order chi connectivity index (χ1) is 12.7. The Morgan fingerprint density at radius 2 is 1.77 bits per heavy atom. The third-order valence-corrected chi connectivity index (χ3v) is 3.97. The lowest BCUT2D eigenvalue weighted by Crippen LogP contribution is -2.43. The van der Waals surface area contributed by atoms with Crippen molar-refractivity contribution in [3.8, 4) is 5.69 Å². The summed E-state index contributed by atoms with van der Waals surface area (Å²) in [7, 11) is 0. The van der Waals surface area contributed by atoms with Gasteiger partial charge in [-0.3, -0.25) is 20.4 Å². The lowest BCUT2D eigenvalue weighted by atomic mass is 9.96. The summed E-state index contributed by atoms with van der Waals surface area (Å²) >= 11 is 0. The van der Waals surface area contributed by atoms with Crippen molar-refractivity contribution in [3.05, 3.63) is 72.1 Å². The average molecular weight is 350 g/mol. The monoisotopic (exact) mass is 350 g/mol. The number of nitrogens with zero attached hydrogens (tertiary/aromatic N) is 4. The van der Waals surface area contributed by atoms with Crippen LogP contribution in [0.15, 0.2) is 60.9 Å². The summed E-state index contributed by atoms with van der Waals surface area (Å²) in [6, 6.07) is 16.2. The maximum atomic E-state index is 12.4. The van der Waals surface area contributed by atoms with Gasteiger partial charge < -0.3 is 0 Å². The molecule has 0 saturated heterocycles. The number of amides is 2. The molecule has 2 aromatic carbocycles. The summed E-state index contributed by atoms with van der Waals surface area (Å²) in [5.41, 5.74) is 7.00. The average Bonchev–Trinajstić information content (AvgIpc) is 3.22. The SMILES string of the molecule is CCC(C(=O)NNC(=O)c1ccc(-n2cnnn2)cc1)c1ccccc1. The van der Waals surface area contributed by atoms with Gasteiger partial charge in [-0.15, -0.1) is 5.10 Å². The number of carbonyl (C=O) groups is 2. The smallest absolute Gasteiger partial charge is 0.269 e. The van der Waals surface area contributed by atoms with Crippen molar-refractivity contribution in [3.63, 3.8) is 0 Å². The molecule has 0 saturated carbocycles. The minimum Gasteiger partial charge on any atom is -0.273 e. The summed E-state index contributed by atoms with van der Waals surface area (Å²) in [4.78, 5) is 24.6. The van der Waals surface area contributed by atoms with Gasteiger partial charge in [0.1, 0.15) is 6.33 Å². The number of hydrazine groups is 1. The van der Waals surface area contributed by atoms with E-state index in [1.54, 1.807) is 24.3 Å². The van der Waals surface area contributed by atoms with Crippen molar-refractivity contribution in [1.82, 2.24) is 31.1 Å². The number of hydrogen-bond acceptors (Lipinski definition) is 5. The van der Waals surface area contributed by atoms with Gasteiger partial charge in [-0.25, -0.2) is 4.68 Å². The van der Waals surface area contributed by atoms with Crippen LogP contribution in [0.25, 0.3) is 5.69 Å². The summed E-state index contributed by atoms with van der Waals surface area (Å²) < 4.78 is 1.48. The largest absolute Gasteiger partial charge is 0.273 e. The van der Waals surface area contributed by atoms with Gasteiger partial charge in [0.05, 0.1) is 11.6 Å². The molecule has 8 nitrogen and oxygen atoms in total. The van der Waals surface area contributed by atoms with Gasteiger partial charge in [0, 0.05) is 5.56 Å². The molecule has 0 aliphatic carbocycles. The van der Waals surface area contributed by atoms with Gasteiger partial charge >= 0.3 is 0 Å². The molecule has 1 aromatic heterocycles. The van der Waals surface area contributed by atoms with Crippen molar-refractivity contribution >= 4 is 11.8 Å². The topological polar surface area (TPSA) is 102 Å². The Kier molecular flexibility index (Phi) is 5.33. The van der Waals surface area contributed by atoms with E-state index in [4.69, 9.17) is 0 Å². The second-order valence-corrected chi connectivity index (χ2v) is 5.62. The maximum absolute atomic E-state index is 12.4. The van der Waals surface area contributed by atoms with Crippen LogP contribution in [0.5, 0.6) is 0 Å². The summed E-state index contributed by atoms with van der Waals surface area (Å²) in [6.45, 7) is 1.93. The fraction of sp³-hybridized carbons (Fsp3) is 0.167. The number of carbonyl (C=O) groups excluding carboxylic acids is 2. The molecule has 1 unspecified atom stereocenters. The highest BCUT2D eigenvalue weighted by Crippen LogP contribution is 2.18. The van der Waals surface area contributed by atoms with Crippen LogP contribution in [0.3, 0.4) is 0 Å². The highest BCUT2D eigenvalue weighted by Gasteiger charge is 2.19. The number of tetrazole rings is 1. The fourth-order valence-corrected chi connectivity index (χ4v) is 2.58. The van der Waals surface area contributed by atoms with Crippen LogP contribution in [0.1, 0.15) is 35.2 Å². The predicted octanol–water partition coefficient (Wildman–Crippen LogP) is 1.62. The molecule has 0 bridgehead atoms. The zero-order valence-corrected chi connectivity index (χ0v) is 14.2. The molecule has 8 heteroatoms. The van der Waals surface area contributed by atoms with Crippen LogP contribution < -0.4 is 10.9 Å². The molecule has 2 amide bonds. The number of aromatic nitrogens is 4. The molecular weight excluding hydrogens is 332 g/mol.